The van der Waals surface area contributed by atoms with Gasteiger partial charge in [0.2, 0.25) is 5.16 Å². The van der Waals surface area contributed by atoms with Crippen molar-refractivity contribution in [1.82, 2.24) is 25.4 Å². The van der Waals surface area contributed by atoms with E-state index >= 15 is 0 Å². The molecule has 0 radical (unpaired) electrons. The molecule has 3 aromatic heterocycles. The standard InChI is InChI=1S/C11H12N6OS2/c12-3-4-17-11(13-15-16-17)20-7-8-6-9(18-14-8)10-2-1-5-19-10/h1-2,5-6H,3-4,7,12H2. The number of hydrogen-bond donors (Lipinski definition) is 1. The average molecular weight is 308 g/mol. The fourth-order valence-electron chi connectivity index (χ4n) is 1.62. The largest absolute Gasteiger partial charge is 0.355 e. The molecular formula is C11H12N6OS2. The molecule has 0 saturated carbocycles. The summed E-state index contributed by atoms with van der Waals surface area (Å²) in [6.45, 7) is 1.11. The number of thioether (sulfide) groups is 1. The van der Waals surface area contributed by atoms with Gasteiger partial charge in [-0.15, -0.1) is 16.4 Å². The lowest BCUT2D eigenvalue weighted by molar-refractivity contribution is 0.427. The van der Waals surface area contributed by atoms with E-state index in [1.807, 2.05) is 23.6 Å². The first kappa shape index (κ1) is 13.3. The molecule has 0 aromatic carbocycles. The topological polar surface area (TPSA) is 95.7 Å². The predicted molar refractivity (Wildman–Crippen MR) is 76.2 cm³/mol. The van der Waals surface area contributed by atoms with Crippen LogP contribution in [0.4, 0.5) is 0 Å². The molecule has 0 unspecified atom stereocenters. The van der Waals surface area contributed by atoms with Crippen LogP contribution in [0.1, 0.15) is 5.69 Å². The molecule has 0 aliphatic carbocycles. The Morgan fingerprint density at radius 2 is 2.40 bits per heavy atom. The second-order valence-corrected chi connectivity index (χ2v) is 5.81. The van der Waals surface area contributed by atoms with E-state index in [1.54, 1.807) is 16.0 Å². The number of aromatic nitrogens is 5. The maximum atomic E-state index is 5.50. The summed E-state index contributed by atoms with van der Waals surface area (Å²) in [5.74, 6) is 1.44. The van der Waals surface area contributed by atoms with Gasteiger partial charge in [0.15, 0.2) is 5.76 Å². The van der Waals surface area contributed by atoms with Crippen molar-refractivity contribution in [1.29, 1.82) is 0 Å². The maximum Gasteiger partial charge on any atom is 0.209 e. The Morgan fingerprint density at radius 1 is 1.45 bits per heavy atom. The average Bonchev–Trinajstić information content (AvgIpc) is 3.18. The minimum absolute atomic E-state index is 0.505. The van der Waals surface area contributed by atoms with E-state index in [4.69, 9.17) is 10.3 Å². The summed E-state index contributed by atoms with van der Waals surface area (Å²) in [4.78, 5) is 1.07. The molecule has 0 bridgehead atoms. The lowest BCUT2D eigenvalue weighted by Gasteiger charge is -1.99. The van der Waals surface area contributed by atoms with Gasteiger partial charge in [-0.2, -0.15) is 0 Å². The molecule has 0 amide bonds. The SMILES string of the molecule is NCCn1nnnc1SCc1cc(-c2cccs2)on1. The van der Waals surface area contributed by atoms with Crippen LogP contribution < -0.4 is 5.73 Å². The van der Waals surface area contributed by atoms with Crippen LogP contribution >= 0.6 is 23.1 Å². The van der Waals surface area contributed by atoms with Crippen molar-refractivity contribution >= 4 is 23.1 Å². The third-order valence-corrected chi connectivity index (χ3v) is 4.39. The number of hydrogen-bond acceptors (Lipinski definition) is 8. The highest BCUT2D eigenvalue weighted by Gasteiger charge is 2.11. The number of nitrogens with zero attached hydrogens (tertiary/aromatic N) is 5. The summed E-state index contributed by atoms with van der Waals surface area (Å²) in [5, 5.41) is 18.3. The Hall–Kier alpha value is -1.71. The third-order valence-electron chi connectivity index (χ3n) is 2.51. The van der Waals surface area contributed by atoms with Crippen molar-refractivity contribution in [2.75, 3.05) is 6.54 Å². The molecule has 9 heteroatoms. The van der Waals surface area contributed by atoms with Crippen molar-refractivity contribution in [3.8, 4) is 10.6 Å². The second kappa shape index (κ2) is 6.16. The molecule has 3 rings (SSSR count). The minimum Gasteiger partial charge on any atom is -0.355 e. The molecule has 104 valence electrons. The Labute approximate surface area is 123 Å². The van der Waals surface area contributed by atoms with Crippen LogP contribution in [0.25, 0.3) is 10.6 Å². The van der Waals surface area contributed by atoms with Crippen molar-refractivity contribution in [2.45, 2.75) is 17.5 Å². The van der Waals surface area contributed by atoms with Crippen molar-refractivity contribution < 1.29 is 4.52 Å². The normalized spacial score (nSPS) is 11.1. The summed E-state index contributed by atoms with van der Waals surface area (Å²) in [6, 6.07) is 5.93. The summed E-state index contributed by atoms with van der Waals surface area (Å²) >= 11 is 3.13. The van der Waals surface area contributed by atoms with Gasteiger partial charge in [0.05, 0.1) is 17.1 Å². The van der Waals surface area contributed by atoms with Crippen LogP contribution in [0.15, 0.2) is 33.3 Å². The molecular weight excluding hydrogens is 296 g/mol. The summed E-state index contributed by atoms with van der Waals surface area (Å²) < 4.78 is 7.01. The fourth-order valence-corrected chi connectivity index (χ4v) is 3.07. The molecule has 20 heavy (non-hydrogen) atoms. The molecule has 0 aliphatic heterocycles. The second-order valence-electron chi connectivity index (χ2n) is 3.92. The Balaban J connectivity index is 1.65. The molecule has 0 saturated heterocycles. The highest BCUT2D eigenvalue weighted by atomic mass is 32.2. The van der Waals surface area contributed by atoms with Gasteiger partial charge >= 0.3 is 0 Å². The Bertz CT molecular complexity index is 662. The van der Waals surface area contributed by atoms with E-state index in [1.165, 1.54) is 11.8 Å². The number of rotatable bonds is 6. The molecule has 0 fully saturated rings. The monoisotopic (exact) mass is 308 g/mol. The molecule has 2 N–H and O–H groups in total. The Morgan fingerprint density at radius 3 is 3.20 bits per heavy atom. The molecule has 7 nitrogen and oxygen atoms in total. The lowest BCUT2D eigenvalue weighted by atomic mass is 10.3. The zero-order valence-electron chi connectivity index (χ0n) is 10.5. The molecule has 3 aromatic rings. The lowest BCUT2D eigenvalue weighted by Crippen LogP contribution is -2.12. The highest BCUT2D eigenvalue weighted by molar-refractivity contribution is 7.98. The summed E-state index contributed by atoms with van der Waals surface area (Å²) in [6.07, 6.45) is 0. The van der Waals surface area contributed by atoms with Gasteiger partial charge in [0.1, 0.15) is 0 Å². The number of tetrazole rings is 1. The molecule has 3 heterocycles. The van der Waals surface area contributed by atoms with Gasteiger partial charge in [-0.1, -0.05) is 23.0 Å². The summed E-state index contributed by atoms with van der Waals surface area (Å²) in [7, 11) is 0. The minimum atomic E-state index is 0.505. The summed E-state index contributed by atoms with van der Waals surface area (Å²) in [5.41, 5.74) is 6.36. The first-order chi connectivity index (χ1) is 9.86. The van der Waals surface area contributed by atoms with Crippen LogP contribution in [0, 0.1) is 0 Å². The van der Waals surface area contributed by atoms with Crippen molar-refractivity contribution in [2.24, 2.45) is 5.73 Å². The zero-order valence-corrected chi connectivity index (χ0v) is 12.1. The van der Waals surface area contributed by atoms with E-state index in [2.05, 4.69) is 20.7 Å². The highest BCUT2D eigenvalue weighted by Crippen LogP contribution is 2.27. The van der Waals surface area contributed by atoms with Gasteiger partial charge in [-0.3, -0.25) is 0 Å². The quantitative estimate of drug-likeness (QED) is 0.691. The zero-order chi connectivity index (χ0) is 13.8. The molecule has 0 atom stereocenters. The van der Waals surface area contributed by atoms with Gasteiger partial charge in [-0.25, -0.2) is 4.68 Å². The van der Waals surface area contributed by atoms with Gasteiger partial charge in [0.25, 0.3) is 0 Å². The van der Waals surface area contributed by atoms with Crippen molar-refractivity contribution in [3.63, 3.8) is 0 Å². The van der Waals surface area contributed by atoms with Crippen LogP contribution in [0.3, 0.4) is 0 Å². The van der Waals surface area contributed by atoms with E-state index < -0.39 is 0 Å². The fraction of sp³-hybridized carbons (Fsp3) is 0.273. The molecule has 0 aliphatic rings. The van der Waals surface area contributed by atoms with Crippen molar-refractivity contribution in [3.05, 3.63) is 29.3 Å². The van der Waals surface area contributed by atoms with Gasteiger partial charge in [-0.05, 0) is 21.9 Å². The van der Waals surface area contributed by atoms with Crippen LogP contribution in [-0.2, 0) is 12.3 Å². The van der Waals surface area contributed by atoms with E-state index in [0.29, 0.717) is 18.8 Å². The van der Waals surface area contributed by atoms with E-state index in [9.17, 15) is 0 Å². The predicted octanol–water partition coefficient (Wildman–Crippen LogP) is 1.64. The van der Waals surface area contributed by atoms with Gasteiger partial charge < -0.3 is 10.3 Å². The Kier molecular flexibility index (Phi) is 4.09. The third kappa shape index (κ3) is 2.89. The first-order valence-electron chi connectivity index (χ1n) is 5.95. The van der Waals surface area contributed by atoms with E-state index in [0.717, 1.165) is 21.5 Å². The maximum absolute atomic E-state index is 5.50. The van der Waals surface area contributed by atoms with Crippen LogP contribution in [0.2, 0.25) is 0 Å². The van der Waals surface area contributed by atoms with Gasteiger partial charge in [0, 0.05) is 18.4 Å². The number of nitrogens with two attached hydrogens (primary N) is 1. The molecule has 0 spiro atoms. The first-order valence-corrected chi connectivity index (χ1v) is 7.82. The van der Waals surface area contributed by atoms with E-state index in [-0.39, 0.29) is 0 Å². The smallest absolute Gasteiger partial charge is 0.209 e. The number of thiophene rings is 1. The van der Waals surface area contributed by atoms with Crippen LogP contribution in [0.5, 0.6) is 0 Å². The van der Waals surface area contributed by atoms with Crippen LogP contribution in [-0.4, -0.2) is 31.9 Å².